The molecule has 43 heavy (non-hydrogen) atoms. The van der Waals surface area contributed by atoms with Gasteiger partial charge in [0.25, 0.3) is 5.91 Å². The number of nitrogens with zero attached hydrogens (tertiary/aromatic N) is 2. The fourth-order valence-corrected chi connectivity index (χ4v) is 4.96. The van der Waals surface area contributed by atoms with Crippen molar-refractivity contribution in [2.24, 2.45) is 0 Å². The molecule has 2 heterocycles. The van der Waals surface area contributed by atoms with Gasteiger partial charge in [-0.15, -0.1) is 0 Å². The van der Waals surface area contributed by atoms with E-state index >= 15 is 0 Å². The Bertz CT molecular complexity index is 1450. The molecule has 0 unspecified atom stereocenters. The van der Waals surface area contributed by atoms with E-state index in [1.807, 2.05) is 36.4 Å². The molecule has 0 spiro atoms. The van der Waals surface area contributed by atoms with Crippen molar-refractivity contribution < 1.29 is 37.4 Å². The normalized spacial score (nSPS) is 15.6. The first-order valence-corrected chi connectivity index (χ1v) is 14.1. The first-order valence-electron chi connectivity index (χ1n) is 13.3. The number of hydrogen-bond acceptors (Lipinski definition) is 5. The van der Waals surface area contributed by atoms with E-state index in [9.17, 15) is 22.8 Å². The fraction of sp³-hybridized carbons (Fsp3) is 0.300. The van der Waals surface area contributed by atoms with E-state index in [1.54, 1.807) is 40.1 Å². The van der Waals surface area contributed by atoms with Crippen LogP contribution >= 0.6 is 23.2 Å². The van der Waals surface area contributed by atoms with Crippen LogP contribution in [-0.4, -0.2) is 59.7 Å². The quantitative estimate of drug-likeness (QED) is 0.359. The summed E-state index contributed by atoms with van der Waals surface area (Å²) in [6.45, 7) is 2.57. The number of carbonyl (C=O) groups is 3. The van der Waals surface area contributed by atoms with Crippen molar-refractivity contribution in [3.63, 3.8) is 0 Å². The van der Waals surface area contributed by atoms with Gasteiger partial charge in [0.05, 0.1) is 6.54 Å². The molecule has 1 saturated heterocycles. The van der Waals surface area contributed by atoms with Gasteiger partial charge in [0.1, 0.15) is 18.4 Å². The maximum Gasteiger partial charge on any atom is 0.490 e. The number of benzene rings is 3. The average molecular weight is 638 g/mol. The highest BCUT2D eigenvalue weighted by atomic mass is 35.5. The lowest BCUT2D eigenvalue weighted by molar-refractivity contribution is -0.192. The summed E-state index contributed by atoms with van der Waals surface area (Å²) in [6, 6.07) is 20.0. The summed E-state index contributed by atoms with van der Waals surface area (Å²) in [4.78, 5) is 38.8. The van der Waals surface area contributed by atoms with E-state index in [0.717, 1.165) is 48.5 Å². The second-order valence-corrected chi connectivity index (χ2v) is 10.8. The van der Waals surface area contributed by atoms with Gasteiger partial charge in [-0.1, -0.05) is 35.3 Å². The maximum atomic E-state index is 13.4. The summed E-state index contributed by atoms with van der Waals surface area (Å²) in [5.74, 6) is -2.31. The molecular weight excluding hydrogens is 610 g/mol. The molecule has 2 amide bonds. The standard InChI is InChI=1S/C28H27Cl2N3O3.C2HF3O2/c29-22-5-3-20(4-6-22)28(35)32-17-21-15-23(30)7-10-26(21)33(27(34)18-32)16-19-1-8-24(9-2-19)36-25-11-13-31-14-12-25;3-2(4,5)1(6)7/h1-10,15,25,31H,11-14,16-18H2;(H,6,7). The SMILES string of the molecule is O=C(O)C(F)(F)F.O=C(c1ccc(Cl)cc1)N1CC(=O)N(Cc2ccc(OC3CCNCC3)cc2)c2ccc(Cl)cc2C1. The third kappa shape index (κ3) is 8.85. The first kappa shape index (κ1) is 32.1. The Balaban J connectivity index is 0.000000541. The predicted octanol–water partition coefficient (Wildman–Crippen LogP) is 5.95. The molecule has 2 aliphatic heterocycles. The number of carboxylic acid groups (broad SMARTS) is 1. The second-order valence-electron chi connectivity index (χ2n) is 9.94. The van der Waals surface area contributed by atoms with E-state index in [2.05, 4.69) is 5.32 Å². The minimum Gasteiger partial charge on any atom is -0.490 e. The van der Waals surface area contributed by atoms with Gasteiger partial charge in [0, 0.05) is 27.8 Å². The Morgan fingerprint density at radius 2 is 1.53 bits per heavy atom. The monoisotopic (exact) mass is 637 g/mol. The van der Waals surface area contributed by atoms with Crippen molar-refractivity contribution in [2.45, 2.75) is 38.2 Å². The van der Waals surface area contributed by atoms with Crippen molar-refractivity contribution in [2.75, 3.05) is 24.5 Å². The molecular formula is C30H28Cl2F3N3O5. The number of rotatable bonds is 5. The van der Waals surface area contributed by atoms with Crippen LogP contribution in [0.1, 0.15) is 34.3 Å². The van der Waals surface area contributed by atoms with Crippen LogP contribution in [0.4, 0.5) is 18.9 Å². The molecule has 5 rings (SSSR count). The number of carbonyl (C=O) groups excluding carboxylic acids is 2. The van der Waals surface area contributed by atoms with Crippen LogP contribution in [0.25, 0.3) is 0 Å². The van der Waals surface area contributed by atoms with Crippen molar-refractivity contribution in [1.29, 1.82) is 0 Å². The van der Waals surface area contributed by atoms with Crippen LogP contribution < -0.4 is 15.0 Å². The van der Waals surface area contributed by atoms with E-state index in [-0.39, 0.29) is 31.0 Å². The number of anilines is 1. The topological polar surface area (TPSA) is 99.2 Å². The number of hydrogen-bond donors (Lipinski definition) is 2. The van der Waals surface area contributed by atoms with Crippen LogP contribution in [-0.2, 0) is 22.7 Å². The Kier molecular flexibility index (Phi) is 10.5. The molecule has 1 fully saturated rings. The molecule has 228 valence electrons. The maximum absolute atomic E-state index is 13.4. The number of halogens is 5. The Morgan fingerprint density at radius 3 is 2.14 bits per heavy atom. The van der Waals surface area contributed by atoms with Crippen LogP contribution in [0.5, 0.6) is 5.75 Å². The van der Waals surface area contributed by atoms with Crippen molar-refractivity contribution in [3.8, 4) is 5.75 Å². The molecule has 2 aliphatic rings. The first-order chi connectivity index (χ1) is 20.4. The molecule has 0 aliphatic carbocycles. The third-order valence-electron chi connectivity index (χ3n) is 6.79. The molecule has 13 heteroatoms. The Morgan fingerprint density at radius 1 is 0.930 bits per heavy atom. The van der Waals surface area contributed by atoms with Gasteiger partial charge < -0.3 is 25.0 Å². The van der Waals surface area contributed by atoms with Crippen LogP contribution in [0.3, 0.4) is 0 Å². The van der Waals surface area contributed by atoms with E-state index in [4.69, 9.17) is 37.8 Å². The minimum absolute atomic E-state index is 0.0370. The molecule has 0 aromatic heterocycles. The zero-order valence-corrected chi connectivity index (χ0v) is 24.3. The molecule has 0 radical (unpaired) electrons. The number of amides is 2. The van der Waals surface area contributed by atoms with Crippen molar-refractivity contribution >= 4 is 46.7 Å². The van der Waals surface area contributed by atoms with Gasteiger partial charge in [0.2, 0.25) is 5.91 Å². The van der Waals surface area contributed by atoms with Gasteiger partial charge in [0.15, 0.2) is 0 Å². The third-order valence-corrected chi connectivity index (χ3v) is 7.28. The molecule has 3 aromatic carbocycles. The Labute approximate surface area is 255 Å². The number of piperidine rings is 1. The highest BCUT2D eigenvalue weighted by molar-refractivity contribution is 6.31. The second kappa shape index (κ2) is 14.1. The lowest BCUT2D eigenvalue weighted by Crippen LogP contribution is -2.39. The Hall–Kier alpha value is -3.80. The smallest absolute Gasteiger partial charge is 0.490 e. The van der Waals surface area contributed by atoms with Gasteiger partial charge in [-0.25, -0.2) is 4.79 Å². The van der Waals surface area contributed by atoms with Gasteiger partial charge in [-0.3, -0.25) is 9.59 Å². The number of alkyl halides is 3. The van der Waals surface area contributed by atoms with Gasteiger partial charge >= 0.3 is 12.1 Å². The number of fused-ring (bicyclic) bond motifs is 1. The van der Waals surface area contributed by atoms with Crippen LogP contribution in [0.15, 0.2) is 66.7 Å². The lowest BCUT2D eigenvalue weighted by atomic mass is 10.1. The summed E-state index contributed by atoms with van der Waals surface area (Å²) < 4.78 is 37.8. The number of ether oxygens (including phenoxy) is 1. The summed E-state index contributed by atoms with van der Waals surface area (Å²) in [5, 5.41) is 11.6. The molecule has 0 saturated carbocycles. The van der Waals surface area contributed by atoms with Crippen LogP contribution in [0.2, 0.25) is 10.0 Å². The van der Waals surface area contributed by atoms with E-state index in [1.165, 1.54) is 0 Å². The number of carboxylic acids is 1. The molecule has 8 nitrogen and oxygen atoms in total. The highest BCUT2D eigenvalue weighted by Crippen LogP contribution is 2.31. The zero-order chi connectivity index (χ0) is 31.1. The number of aliphatic carboxylic acids is 1. The summed E-state index contributed by atoms with van der Waals surface area (Å²) in [6.07, 6.45) is -2.87. The molecule has 0 atom stereocenters. The van der Waals surface area contributed by atoms with E-state index in [0.29, 0.717) is 22.2 Å². The fourth-order valence-electron chi connectivity index (χ4n) is 4.64. The van der Waals surface area contributed by atoms with E-state index < -0.39 is 12.1 Å². The molecule has 3 aromatic rings. The lowest BCUT2D eigenvalue weighted by Gasteiger charge is -2.25. The summed E-state index contributed by atoms with van der Waals surface area (Å²) in [5.41, 5.74) is 3.03. The highest BCUT2D eigenvalue weighted by Gasteiger charge is 2.38. The predicted molar refractivity (Wildman–Crippen MR) is 155 cm³/mol. The minimum atomic E-state index is -5.08. The van der Waals surface area contributed by atoms with Crippen molar-refractivity contribution in [3.05, 3.63) is 93.5 Å². The van der Waals surface area contributed by atoms with Crippen molar-refractivity contribution in [1.82, 2.24) is 10.2 Å². The van der Waals surface area contributed by atoms with Gasteiger partial charge in [-0.2, -0.15) is 13.2 Å². The summed E-state index contributed by atoms with van der Waals surface area (Å²) >= 11 is 12.3. The molecule has 0 bridgehead atoms. The zero-order valence-electron chi connectivity index (χ0n) is 22.7. The van der Waals surface area contributed by atoms with Gasteiger partial charge in [-0.05, 0) is 91.7 Å². The average Bonchev–Trinajstić information content (AvgIpc) is 3.10. The number of nitrogens with one attached hydrogen (secondary N) is 1. The summed E-state index contributed by atoms with van der Waals surface area (Å²) in [7, 11) is 0. The largest absolute Gasteiger partial charge is 0.490 e. The molecule has 2 N–H and O–H groups in total. The van der Waals surface area contributed by atoms with Crippen LogP contribution in [0, 0.1) is 0 Å².